The highest BCUT2D eigenvalue weighted by atomic mass is 79.9. The van der Waals surface area contributed by atoms with Crippen molar-refractivity contribution >= 4 is 47.0 Å². The summed E-state index contributed by atoms with van der Waals surface area (Å²) in [6.45, 7) is 2.03. The highest BCUT2D eigenvalue weighted by molar-refractivity contribution is 9.25. The van der Waals surface area contributed by atoms with Crippen molar-refractivity contribution in [1.29, 1.82) is 0 Å². The summed E-state index contributed by atoms with van der Waals surface area (Å²) in [7, 11) is 0. The fourth-order valence-electron chi connectivity index (χ4n) is 0.0772. The van der Waals surface area contributed by atoms with Crippen LogP contribution < -0.4 is 0 Å². The van der Waals surface area contributed by atoms with Crippen LogP contribution in [-0.2, 0) is 0 Å². The highest BCUT2D eigenvalue weighted by Gasteiger charge is 1.87. The van der Waals surface area contributed by atoms with Gasteiger partial charge < -0.3 is 0 Å². The molecule has 0 spiro atoms. The van der Waals surface area contributed by atoms with Crippen LogP contribution in [0.25, 0.3) is 0 Å². The van der Waals surface area contributed by atoms with Crippen molar-refractivity contribution in [3.05, 3.63) is 8.69 Å². The van der Waals surface area contributed by atoms with Crippen molar-refractivity contribution in [1.82, 2.24) is 0 Å². The van der Waals surface area contributed by atoms with Gasteiger partial charge in [-0.1, -0.05) is 15.9 Å². The van der Waals surface area contributed by atoms with Crippen LogP contribution in [0.3, 0.4) is 0 Å². The molecule has 0 atom stereocenters. The molecule has 0 rings (SSSR count). The van der Waals surface area contributed by atoms with Gasteiger partial charge in [0, 0.05) is 0 Å². The first-order valence-corrected chi connectivity index (χ1v) is 7.07. The zero-order valence-electron chi connectivity index (χ0n) is 3.54. The molecular weight excluding hydrogens is 220 g/mol. The van der Waals surface area contributed by atoms with E-state index in [1.165, 1.54) is 2.61 Å². The molecule has 0 aromatic carbocycles. The maximum Gasteiger partial charge on any atom is 0.516 e. The average Bonchev–Trinajstić information content (AvgIpc) is 1.65. The molecule has 0 nitrogen and oxygen atoms in total. The van der Waals surface area contributed by atoms with Gasteiger partial charge in [0.05, 0.1) is 0 Å². The van der Waals surface area contributed by atoms with Crippen LogP contribution in [0.5, 0.6) is 0 Å². The first-order chi connectivity index (χ1) is 2.81. The lowest BCUT2D eigenvalue weighted by Crippen LogP contribution is -1.70. The molecule has 0 amide bonds. The van der Waals surface area contributed by atoms with Crippen LogP contribution in [0.15, 0.2) is 8.69 Å². The largest absolute Gasteiger partial charge is 0.516 e. The molecule has 3 heteroatoms. The SMILES string of the molecule is CC=[C](Br)[Mg][Br]. The Morgan fingerprint density at radius 2 is 2.33 bits per heavy atom. The molecular formula is C3H4Br2Mg. The second-order valence-corrected chi connectivity index (χ2v) is 5.63. The van der Waals surface area contributed by atoms with Crippen LogP contribution in [0, 0.1) is 0 Å². The maximum absolute atomic E-state index is 3.40. The van der Waals surface area contributed by atoms with E-state index < -0.39 is 0 Å². The number of allylic oxidation sites excluding steroid dienone is 1. The van der Waals surface area contributed by atoms with Gasteiger partial charge in [0.25, 0.3) is 0 Å². The fraction of sp³-hybridized carbons (Fsp3) is 0.333. The Morgan fingerprint density at radius 3 is 2.33 bits per heavy atom. The molecule has 0 aliphatic rings. The van der Waals surface area contributed by atoms with Crippen molar-refractivity contribution in [2.24, 2.45) is 0 Å². The van der Waals surface area contributed by atoms with E-state index in [2.05, 4.69) is 34.9 Å². The van der Waals surface area contributed by atoms with Crippen molar-refractivity contribution in [2.45, 2.75) is 6.92 Å². The normalized spacial score (nSPS) is 10.8. The van der Waals surface area contributed by atoms with E-state index in [0.29, 0.717) is 0 Å². The molecule has 0 unspecified atom stereocenters. The summed E-state index contributed by atoms with van der Waals surface area (Å²) in [4.78, 5) is 0. The minimum absolute atomic E-state index is 0.0714. The molecule has 0 aromatic heterocycles. The van der Waals surface area contributed by atoms with Crippen LogP contribution in [0.1, 0.15) is 6.92 Å². The quantitative estimate of drug-likeness (QED) is 0.599. The summed E-state index contributed by atoms with van der Waals surface area (Å²) in [5.41, 5.74) is 0. The number of hydrogen-bond donors (Lipinski definition) is 0. The second kappa shape index (κ2) is 4.62. The van der Waals surface area contributed by atoms with E-state index in [4.69, 9.17) is 0 Å². The molecule has 0 N–H and O–H groups in total. The summed E-state index contributed by atoms with van der Waals surface area (Å²) < 4.78 is 1.34. The van der Waals surface area contributed by atoms with Crippen LogP contribution in [0.4, 0.5) is 0 Å². The van der Waals surface area contributed by atoms with Gasteiger partial charge in [-0.25, -0.2) is 0 Å². The van der Waals surface area contributed by atoms with Crippen molar-refractivity contribution < 1.29 is 0 Å². The third-order valence-electron chi connectivity index (χ3n) is 0.441. The molecule has 0 saturated heterocycles. The Kier molecular flexibility index (Phi) is 5.75. The van der Waals surface area contributed by atoms with Gasteiger partial charge in [0.1, 0.15) is 0 Å². The lowest BCUT2D eigenvalue weighted by molar-refractivity contribution is 1.77. The van der Waals surface area contributed by atoms with Gasteiger partial charge in [0.2, 0.25) is 0 Å². The minimum Gasteiger partial charge on any atom is -0.295 e. The summed E-state index contributed by atoms with van der Waals surface area (Å²) in [5.74, 6) is 0. The lowest BCUT2D eigenvalue weighted by Gasteiger charge is -1.78. The Labute approximate surface area is 62.1 Å². The molecule has 0 aliphatic carbocycles. The smallest absolute Gasteiger partial charge is 0.295 e. The first kappa shape index (κ1) is 7.47. The van der Waals surface area contributed by atoms with Crippen LogP contribution in [0.2, 0.25) is 0 Å². The lowest BCUT2D eigenvalue weighted by atomic mass is 10.8. The third-order valence-corrected chi connectivity index (χ3v) is 6.47. The Morgan fingerprint density at radius 1 is 1.83 bits per heavy atom. The Bertz CT molecular complexity index is 59.8. The molecule has 0 aliphatic heterocycles. The van der Waals surface area contributed by atoms with Crippen molar-refractivity contribution in [3.63, 3.8) is 0 Å². The van der Waals surface area contributed by atoms with E-state index in [0.717, 1.165) is 0 Å². The van der Waals surface area contributed by atoms with Gasteiger partial charge >= 0.3 is 18.2 Å². The zero-order chi connectivity index (χ0) is 4.99. The fourth-order valence-corrected chi connectivity index (χ4v) is 1.20. The zero-order valence-corrected chi connectivity index (χ0v) is 8.13. The van der Waals surface area contributed by atoms with Gasteiger partial charge in [-0.15, -0.1) is 8.69 Å². The summed E-state index contributed by atoms with van der Waals surface area (Å²) >= 11 is 6.68. The first-order valence-electron chi connectivity index (χ1n) is 1.68. The topological polar surface area (TPSA) is 0 Å². The van der Waals surface area contributed by atoms with E-state index in [9.17, 15) is 0 Å². The van der Waals surface area contributed by atoms with Crippen LogP contribution in [-0.4, -0.2) is 18.2 Å². The molecule has 0 fully saturated rings. The minimum atomic E-state index is -0.0714. The molecule has 0 aromatic rings. The monoisotopic (exact) mass is 222 g/mol. The standard InChI is InChI=1S/C3H4Br.BrH.Mg/c1-2-3-4;;/h2H,1H3;1H;/q;;+1/p-1. The van der Waals surface area contributed by atoms with E-state index in [1.54, 1.807) is 0 Å². The Hall–Kier alpha value is 1.47. The number of rotatable bonds is 1. The van der Waals surface area contributed by atoms with Crippen LogP contribution >= 0.6 is 28.8 Å². The van der Waals surface area contributed by atoms with Gasteiger partial charge in [0.15, 0.2) is 0 Å². The van der Waals surface area contributed by atoms with Gasteiger partial charge in [-0.2, -0.15) is 0 Å². The predicted octanol–water partition coefficient (Wildman–Crippen LogP) is 2.26. The van der Waals surface area contributed by atoms with Gasteiger partial charge in [-0.05, 0) is 6.92 Å². The molecule has 0 heterocycles. The molecule has 32 valence electrons. The third kappa shape index (κ3) is 3.65. The van der Waals surface area contributed by atoms with E-state index >= 15 is 0 Å². The molecule has 6 heavy (non-hydrogen) atoms. The highest BCUT2D eigenvalue weighted by Crippen LogP contribution is 2.03. The summed E-state index contributed by atoms with van der Waals surface area (Å²) in [5, 5.41) is 0. The van der Waals surface area contributed by atoms with E-state index in [-0.39, 0.29) is 18.2 Å². The summed E-state index contributed by atoms with van der Waals surface area (Å²) in [6, 6.07) is 0. The van der Waals surface area contributed by atoms with E-state index in [1.807, 2.05) is 6.92 Å². The van der Waals surface area contributed by atoms with Gasteiger partial charge in [-0.3, -0.25) is 12.9 Å². The molecule has 0 radical (unpaired) electrons. The Balaban J connectivity index is 3.22. The summed E-state index contributed by atoms with van der Waals surface area (Å²) in [6.07, 6.45) is 2.07. The molecule has 0 saturated carbocycles. The van der Waals surface area contributed by atoms with Crippen molar-refractivity contribution in [3.8, 4) is 0 Å². The predicted molar refractivity (Wildman–Crippen MR) is 37.4 cm³/mol. The molecule has 0 bridgehead atoms. The number of halogens is 2. The van der Waals surface area contributed by atoms with Crippen molar-refractivity contribution in [2.75, 3.05) is 0 Å². The number of hydrogen-bond acceptors (Lipinski definition) is 0. The average molecular weight is 224 g/mol. The maximum atomic E-state index is 3.40. The second-order valence-electron chi connectivity index (χ2n) is 0.869.